The lowest BCUT2D eigenvalue weighted by atomic mass is 10.2. The van der Waals surface area contributed by atoms with Crippen LogP contribution in [0.25, 0.3) is 0 Å². The van der Waals surface area contributed by atoms with Gasteiger partial charge in [-0.1, -0.05) is 0 Å². The molecular formula is C14H19N3O3. The van der Waals surface area contributed by atoms with Crippen molar-refractivity contribution < 1.29 is 14.6 Å². The van der Waals surface area contributed by atoms with E-state index in [1.165, 1.54) is 6.20 Å². The van der Waals surface area contributed by atoms with Crippen LogP contribution in [0.5, 0.6) is 0 Å². The molecule has 1 aromatic rings. The largest absolute Gasteiger partial charge is 0.476 e. The lowest BCUT2D eigenvalue weighted by Gasteiger charge is -2.32. The Morgan fingerprint density at radius 3 is 2.90 bits per heavy atom. The van der Waals surface area contributed by atoms with Gasteiger partial charge in [-0.25, -0.2) is 9.78 Å². The maximum Gasteiger partial charge on any atom is 0.356 e. The molecule has 3 rings (SSSR count). The van der Waals surface area contributed by atoms with Crippen molar-refractivity contribution in [2.24, 2.45) is 0 Å². The summed E-state index contributed by atoms with van der Waals surface area (Å²) in [6, 6.07) is 4.13. The molecule has 0 amide bonds. The van der Waals surface area contributed by atoms with Crippen LogP contribution in [0.4, 0.5) is 5.69 Å². The molecule has 1 N–H and O–H groups in total. The highest BCUT2D eigenvalue weighted by Crippen LogP contribution is 2.25. The number of hydrogen-bond acceptors (Lipinski definition) is 5. The number of aromatic carboxylic acids is 1. The van der Waals surface area contributed by atoms with Crippen LogP contribution in [0, 0.1) is 0 Å². The average Bonchev–Trinajstić information content (AvgIpc) is 2.98. The Labute approximate surface area is 118 Å². The topological polar surface area (TPSA) is 65.9 Å². The van der Waals surface area contributed by atoms with E-state index in [2.05, 4.69) is 14.8 Å². The second-order valence-corrected chi connectivity index (χ2v) is 5.21. The van der Waals surface area contributed by atoms with Crippen molar-refractivity contribution in [3.63, 3.8) is 0 Å². The SMILES string of the molecule is O=C(O)c1ncccc1N1CCC(N2CCOCC2)C1. The van der Waals surface area contributed by atoms with Gasteiger partial charge in [-0.2, -0.15) is 0 Å². The predicted octanol–water partition coefficient (Wildman–Crippen LogP) is 0.691. The van der Waals surface area contributed by atoms with Crippen molar-refractivity contribution in [1.82, 2.24) is 9.88 Å². The molecule has 0 aliphatic carbocycles. The number of rotatable bonds is 3. The van der Waals surface area contributed by atoms with Crippen LogP contribution in [-0.4, -0.2) is 66.4 Å². The zero-order valence-corrected chi connectivity index (χ0v) is 11.4. The van der Waals surface area contributed by atoms with Gasteiger partial charge in [-0.05, 0) is 18.6 Å². The fraction of sp³-hybridized carbons (Fsp3) is 0.571. The highest BCUT2D eigenvalue weighted by atomic mass is 16.5. The van der Waals surface area contributed by atoms with Gasteiger partial charge in [0.25, 0.3) is 0 Å². The van der Waals surface area contributed by atoms with E-state index < -0.39 is 5.97 Å². The number of hydrogen-bond donors (Lipinski definition) is 1. The lowest BCUT2D eigenvalue weighted by molar-refractivity contribution is 0.0209. The van der Waals surface area contributed by atoms with Gasteiger partial charge in [0, 0.05) is 38.4 Å². The fourth-order valence-corrected chi connectivity index (χ4v) is 3.02. The number of ether oxygens (including phenoxy) is 1. The summed E-state index contributed by atoms with van der Waals surface area (Å²) >= 11 is 0. The number of carboxylic acid groups (broad SMARTS) is 1. The monoisotopic (exact) mass is 277 g/mol. The van der Waals surface area contributed by atoms with Crippen molar-refractivity contribution >= 4 is 11.7 Å². The van der Waals surface area contributed by atoms with Crippen LogP contribution < -0.4 is 4.90 Å². The standard InChI is InChI=1S/C14H19N3O3/c18-14(19)13-12(2-1-4-15-13)17-5-3-11(10-17)16-6-8-20-9-7-16/h1-2,4,11H,3,5-10H2,(H,18,19). The Morgan fingerprint density at radius 1 is 1.35 bits per heavy atom. The van der Waals surface area contributed by atoms with E-state index in [9.17, 15) is 9.90 Å². The van der Waals surface area contributed by atoms with E-state index in [1.807, 2.05) is 6.07 Å². The Hall–Kier alpha value is -1.66. The Morgan fingerprint density at radius 2 is 2.15 bits per heavy atom. The molecule has 0 bridgehead atoms. The van der Waals surface area contributed by atoms with Gasteiger partial charge >= 0.3 is 5.97 Å². The summed E-state index contributed by atoms with van der Waals surface area (Å²) in [7, 11) is 0. The molecule has 0 aromatic carbocycles. The van der Waals surface area contributed by atoms with Crippen LogP contribution >= 0.6 is 0 Å². The molecule has 6 heteroatoms. The molecule has 0 spiro atoms. The number of aromatic nitrogens is 1. The Balaban J connectivity index is 1.72. The number of anilines is 1. The van der Waals surface area contributed by atoms with Gasteiger partial charge in [-0.15, -0.1) is 0 Å². The van der Waals surface area contributed by atoms with Crippen LogP contribution in [-0.2, 0) is 4.74 Å². The highest BCUT2D eigenvalue weighted by molar-refractivity contribution is 5.92. The van der Waals surface area contributed by atoms with Crippen molar-refractivity contribution in [3.05, 3.63) is 24.0 Å². The molecule has 0 radical (unpaired) electrons. The van der Waals surface area contributed by atoms with Gasteiger partial charge in [-0.3, -0.25) is 4.90 Å². The second-order valence-electron chi connectivity index (χ2n) is 5.21. The van der Waals surface area contributed by atoms with Crippen LogP contribution in [0.2, 0.25) is 0 Å². The van der Waals surface area contributed by atoms with Gasteiger partial charge in [0.15, 0.2) is 5.69 Å². The molecule has 2 aliphatic rings. The summed E-state index contributed by atoms with van der Waals surface area (Å²) in [5, 5.41) is 9.22. The highest BCUT2D eigenvalue weighted by Gasteiger charge is 2.30. The van der Waals surface area contributed by atoms with E-state index in [0.29, 0.717) is 6.04 Å². The van der Waals surface area contributed by atoms with E-state index in [1.54, 1.807) is 6.07 Å². The van der Waals surface area contributed by atoms with Crippen molar-refractivity contribution in [3.8, 4) is 0 Å². The Kier molecular flexibility index (Phi) is 3.84. The minimum Gasteiger partial charge on any atom is -0.476 e. The lowest BCUT2D eigenvalue weighted by Crippen LogP contribution is -2.44. The number of nitrogens with zero attached hydrogens (tertiary/aromatic N) is 3. The number of pyridine rings is 1. The first-order valence-electron chi connectivity index (χ1n) is 7.01. The summed E-state index contributed by atoms with van der Waals surface area (Å²) in [6.45, 7) is 5.28. The van der Waals surface area contributed by atoms with Crippen molar-refractivity contribution in [1.29, 1.82) is 0 Å². The molecule has 1 atom stereocenters. The quantitative estimate of drug-likeness (QED) is 0.877. The molecule has 2 fully saturated rings. The third kappa shape index (κ3) is 2.62. The third-order valence-electron chi connectivity index (χ3n) is 4.06. The minimum absolute atomic E-state index is 0.148. The van der Waals surface area contributed by atoms with E-state index >= 15 is 0 Å². The average molecular weight is 277 g/mol. The first-order valence-corrected chi connectivity index (χ1v) is 7.01. The number of morpholine rings is 1. The zero-order valence-electron chi connectivity index (χ0n) is 11.4. The first kappa shape index (κ1) is 13.3. The number of carbonyl (C=O) groups is 1. The maximum atomic E-state index is 11.2. The third-order valence-corrected chi connectivity index (χ3v) is 4.06. The van der Waals surface area contributed by atoms with Crippen LogP contribution in [0.3, 0.4) is 0 Å². The van der Waals surface area contributed by atoms with Crippen LogP contribution in [0.15, 0.2) is 18.3 Å². The van der Waals surface area contributed by atoms with Gasteiger partial charge < -0.3 is 14.7 Å². The smallest absolute Gasteiger partial charge is 0.356 e. The van der Waals surface area contributed by atoms with Crippen molar-refractivity contribution in [2.75, 3.05) is 44.3 Å². The minimum atomic E-state index is -0.963. The summed E-state index contributed by atoms with van der Waals surface area (Å²) in [6.07, 6.45) is 2.59. The summed E-state index contributed by atoms with van der Waals surface area (Å²) < 4.78 is 5.38. The molecular weight excluding hydrogens is 258 g/mol. The molecule has 0 saturated carbocycles. The van der Waals surface area contributed by atoms with E-state index in [4.69, 9.17) is 4.74 Å². The normalized spacial score (nSPS) is 24.0. The molecule has 2 aliphatic heterocycles. The summed E-state index contributed by atoms with van der Waals surface area (Å²) in [4.78, 5) is 19.8. The van der Waals surface area contributed by atoms with Crippen LogP contribution in [0.1, 0.15) is 16.9 Å². The first-order chi connectivity index (χ1) is 9.75. The van der Waals surface area contributed by atoms with E-state index in [-0.39, 0.29) is 5.69 Å². The molecule has 108 valence electrons. The fourth-order valence-electron chi connectivity index (χ4n) is 3.02. The van der Waals surface area contributed by atoms with Crippen molar-refractivity contribution in [2.45, 2.75) is 12.5 Å². The predicted molar refractivity (Wildman–Crippen MR) is 74.2 cm³/mol. The zero-order chi connectivity index (χ0) is 13.9. The van der Waals surface area contributed by atoms with Gasteiger partial charge in [0.2, 0.25) is 0 Å². The molecule has 6 nitrogen and oxygen atoms in total. The summed E-state index contributed by atoms with van der Waals surface area (Å²) in [5.74, 6) is -0.963. The maximum absolute atomic E-state index is 11.2. The molecule has 2 saturated heterocycles. The second kappa shape index (κ2) is 5.76. The molecule has 1 aromatic heterocycles. The van der Waals surface area contributed by atoms with Gasteiger partial charge in [0.1, 0.15) is 0 Å². The Bertz CT molecular complexity index is 488. The van der Waals surface area contributed by atoms with E-state index in [0.717, 1.165) is 51.5 Å². The molecule has 3 heterocycles. The summed E-state index contributed by atoms with van der Waals surface area (Å²) in [5.41, 5.74) is 0.880. The molecule has 1 unspecified atom stereocenters. The van der Waals surface area contributed by atoms with Gasteiger partial charge in [0.05, 0.1) is 18.9 Å². The number of carboxylic acids is 1. The molecule has 20 heavy (non-hydrogen) atoms.